The van der Waals surface area contributed by atoms with Gasteiger partial charge in [-0.15, -0.1) is 0 Å². The Labute approximate surface area is 181 Å². The second kappa shape index (κ2) is 10.7. The van der Waals surface area contributed by atoms with Gasteiger partial charge in [-0.05, 0) is 45.3 Å². The van der Waals surface area contributed by atoms with Crippen LogP contribution in [0.15, 0.2) is 65.3 Å². The van der Waals surface area contributed by atoms with E-state index in [9.17, 15) is 14.0 Å². The molecule has 0 aromatic heterocycles. The molecular weight excluding hydrogens is 457 g/mol. The van der Waals surface area contributed by atoms with E-state index in [1.54, 1.807) is 18.2 Å². The highest BCUT2D eigenvalue weighted by Gasteiger charge is 2.24. The van der Waals surface area contributed by atoms with E-state index in [-0.39, 0.29) is 25.7 Å². The van der Waals surface area contributed by atoms with Crippen LogP contribution in [0, 0.1) is 5.82 Å². The van der Waals surface area contributed by atoms with Gasteiger partial charge in [0.2, 0.25) is 5.91 Å². The molecule has 2 aromatic carbocycles. The van der Waals surface area contributed by atoms with Gasteiger partial charge < -0.3 is 15.4 Å². The van der Waals surface area contributed by atoms with Crippen LogP contribution in [0.25, 0.3) is 0 Å². The number of alkyl carbamates (subject to hydrolysis) is 1. The monoisotopic (exact) mass is 477 g/mol. The van der Waals surface area contributed by atoms with Crippen molar-refractivity contribution in [2.75, 3.05) is 6.54 Å². The summed E-state index contributed by atoms with van der Waals surface area (Å²) in [6, 6.07) is 14.1. The SMILES string of the molecule is O=C(NC(Cc1cccc(F)c1)C(=O)NCC1C=C(Br)NO1)OCc1ccccc1. The van der Waals surface area contributed by atoms with E-state index < -0.39 is 23.9 Å². The van der Waals surface area contributed by atoms with E-state index in [4.69, 9.17) is 9.57 Å². The van der Waals surface area contributed by atoms with Crippen molar-refractivity contribution in [2.45, 2.75) is 25.2 Å². The lowest BCUT2D eigenvalue weighted by Crippen LogP contribution is -2.49. The van der Waals surface area contributed by atoms with Crippen molar-refractivity contribution in [3.8, 4) is 0 Å². The summed E-state index contributed by atoms with van der Waals surface area (Å²) in [4.78, 5) is 30.2. The van der Waals surface area contributed by atoms with Crippen molar-refractivity contribution in [1.29, 1.82) is 0 Å². The van der Waals surface area contributed by atoms with Crippen LogP contribution in [0.4, 0.5) is 9.18 Å². The Morgan fingerprint density at radius 2 is 1.93 bits per heavy atom. The molecule has 2 aromatic rings. The second-order valence-corrected chi connectivity index (χ2v) is 7.47. The molecule has 2 atom stereocenters. The topological polar surface area (TPSA) is 88.7 Å². The minimum atomic E-state index is -0.947. The first-order valence-electron chi connectivity index (χ1n) is 9.28. The highest BCUT2D eigenvalue weighted by atomic mass is 79.9. The van der Waals surface area contributed by atoms with Crippen LogP contribution >= 0.6 is 15.9 Å². The first-order valence-corrected chi connectivity index (χ1v) is 10.1. The predicted octanol–water partition coefficient (Wildman–Crippen LogP) is 2.92. The molecule has 30 heavy (non-hydrogen) atoms. The molecule has 0 bridgehead atoms. The Balaban J connectivity index is 1.60. The van der Waals surface area contributed by atoms with Crippen molar-refractivity contribution in [2.24, 2.45) is 0 Å². The molecular formula is C21H21BrFN3O4. The van der Waals surface area contributed by atoms with Gasteiger partial charge in [-0.2, -0.15) is 0 Å². The van der Waals surface area contributed by atoms with Gasteiger partial charge in [-0.1, -0.05) is 42.5 Å². The molecule has 0 fully saturated rings. The lowest BCUT2D eigenvalue weighted by molar-refractivity contribution is -0.123. The Bertz CT molecular complexity index is 910. The van der Waals surface area contributed by atoms with E-state index in [1.807, 2.05) is 30.3 Å². The Hall–Kier alpha value is -2.91. The molecule has 2 unspecified atom stereocenters. The van der Waals surface area contributed by atoms with Gasteiger partial charge in [0.25, 0.3) is 0 Å². The molecule has 0 aliphatic carbocycles. The molecule has 0 radical (unpaired) electrons. The molecule has 1 aliphatic rings. The first-order chi connectivity index (χ1) is 14.5. The van der Waals surface area contributed by atoms with Crippen LogP contribution in [0.2, 0.25) is 0 Å². The Kier molecular flexibility index (Phi) is 7.81. The van der Waals surface area contributed by atoms with Gasteiger partial charge >= 0.3 is 6.09 Å². The molecule has 0 saturated heterocycles. The summed E-state index contributed by atoms with van der Waals surface area (Å²) in [5.41, 5.74) is 4.02. The maximum atomic E-state index is 13.5. The Morgan fingerprint density at radius 3 is 2.63 bits per heavy atom. The third kappa shape index (κ3) is 6.85. The minimum absolute atomic E-state index is 0.0708. The number of benzene rings is 2. The van der Waals surface area contributed by atoms with Crippen LogP contribution in [-0.4, -0.2) is 30.7 Å². The summed E-state index contributed by atoms with van der Waals surface area (Å²) in [6.45, 7) is 0.267. The number of carbonyl (C=O) groups is 2. The van der Waals surface area contributed by atoms with Crippen LogP contribution in [0.1, 0.15) is 11.1 Å². The highest BCUT2D eigenvalue weighted by molar-refractivity contribution is 9.11. The van der Waals surface area contributed by atoms with E-state index in [2.05, 4.69) is 32.0 Å². The maximum absolute atomic E-state index is 13.5. The zero-order valence-electron chi connectivity index (χ0n) is 15.9. The lowest BCUT2D eigenvalue weighted by atomic mass is 10.1. The molecule has 158 valence electrons. The van der Waals surface area contributed by atoms with E-state index in [0.29, 0.717) is 10.2 Å². The summed E-state index contributed by atoms with van der Waals surface area (Å²) in [5.74, 6) is -0.852. The minimum Gasteiger partial charge on any atom is -0.445 e. The molecule has 7 nitrogen and oxygen atoms in total. The number of hydroxylamine groups is 1. The molecule has 2 amide bonds. The largest absolute Gasteiger partial charge is 0.445 e. The van der Waals surface area contributed by atoms with E-state index in [1.165, 1.54) is 12.1 Å². The molecule has 9 heteroatoms. The van der Waals surface area contributed by atoms with E-state index >= 15 is 0 Å². The summed E-state index contributed by atoms with van der Waals surface area (Å²) < 4.78 is 19.4. The average Bonchev–Trinajstić information content (AvgIpc) is 3.16. The third-order valence-corrected chi connectivity index (χ3v) is 4.69. The van der Waals surface area contributed by atoms with Gasteiger partial charge in [-0.25, -0.2) is 9.18 Å². The van der Waals surface area contributed by atoms with Crippen molar-refractivity contribution in [3.05, 3.63) is 82.2 Å². The van der Waals surface area contributed by atoms with Gasteiger partial charge in [0.15, 0.2) is 0 Å². The van der Waals surface area contributed by atoms with Gasteiger partial charge in [0.1, 0.15) is 29.2 Å². The quantitative estimate of drug-likeness (QED) is 0.508. The maximum Gasteiger partial charge on any atom is 0.408 e. The fourth-order valence-corrected chi connectivity index (χ4v) is 3.19. The number of nitrogens with one attached hydrogen (secondary N) is 3. The first kappa shape index (κ1) is 21.8. The number of hydrogen-bond acceptors (Lipinski definition) is 5. The number of amides is 2. The zero-order chi connectivity index (χ0) is 21.3. The summed E-state index contributed by atoms with van der Waals surface area (Å²) >= 11 is 3.24. The summed E-state index contributed by atoms with van der Waals surface area (Å²) in [6.07, 6.45) is 0.761. The van der Waals surface area contributed by atoms with Crippen LogP contribution in [0.3, 0.4) is 0 Å². The van der Waals surface area contributed by atoms with Crippen LogP contribution in [-0.2, 0) is 27.4 Å². The fourth-order valence-electron chi connectivity index (χ4n) is 2.80. The Morgan fingerprint density at radius 1 is 1.17 bits per heavy atom. The summed E-state index contributed by atoms with van der Waals surface area (Å²) in [5, 5.41) is 5.29. The molecule has 3 rings (SSSR count). The van der Waals surface area contributed by atoms with Crippen molar-refractivity contribution >= 4 is 27.9 Å². The third-order valence-electron chi connectivity index (χ3n) is 4.27. The van der Waals surface area contributed by atoms with Gasteiger partial charge in [0, 0.05) is 6.42 Å². The number of hydrogen-bond donors (Lipinski definition) is 3. The number of carbonyl (C=O) groups excluding carboxylic acids is 2. The van der Waals surface area contributed by atoms with Crippen molar-refractivity contribution in [3.63, 3.8) is 0 Å². The van der Waals surface area contributed by atoms with Crippen molar-refractivity contribution < 1.29 is 23.6 Å². The zero-order valence-corrected chi connectivity index (χ0v) is 17.5. The number of halogens is 2. The number of ether oxygens (including phenoxy) is 1. The standard InChI is InChI=1S/C21H21BrFN3O4/c22-19-11-17(30-26-19)12-24-20(27)18(10-15-7-4-8-16(23)9-15)25-21(28)29-13-14-5-2-1-3-6-14/h1-9,11,17-18,26H,10,12-13H2,(H,24,27)(H,25,28). The van der Waals surface area contributed by atoms with E-state index in [0.717, 1.165) is 5.56 Å². The molecule has 0 spiro atoms. The number of rotatable bonds is 8. The second-order valence-electron chi connectivity index (χ2n) is 6.61. The molecule has 0 saturated carbocycles. The molecule has 1 heterocycles. The highest BCUT2D eigenvalue weighted by Crippen LogP contribution is 2.12. The fraction of sp³-hybridized carbons (Fsp3) is 0.238. The average molecular weight is 478 g/mol. The molecule has 3 N–H and O–H groups in total. The molecule has 1 aliphatic heterocycles. The van der Waals surface area contributed by atoms with Gasteiger partial charge in [0.05, 0.1) is 6.54 Å². The lowest BCUT2D eigenvalue weighted by Gasteiger charge is -2.19. The predicted molar refractivity (Wildman–Crippen MR) is 112 cm³/mol. The van der Waals surface area contributed by atoms with Crippen molar-refractivity contribution in [1.82, 2.24) is 16.1 Å². The van der Waals surface area contributed by atoms with Gasteiger partial charge in [-0.3, -0.25) is 15.1 Å². The smallest absolute Gasteiger partial charge is 0.408 e. The van der Waals surface area contributed by atoms with Crippen LogP contribution < -0.4 is 16.1 Å². The summed E-state index contributed by atoms with van der Waals surface area (Å²) in [7, 11) is 0. The normalized spacial score (nSPS) is 16.2. The van der Waals surface area contributed by atoms with Crippen LogP contribution in [0.5, 0.6) is 0 Å².